The molecule has 2 heteroatoms. The third-order valence-corrected chi connectivity index (χ3v) is 3.99. The molecule has 0 spiro atoms. The van der Waals surface area contributed by atoms with Crippen LogP contribution in [-0.2, 0) is 0 Å². The molecule has 17 heavy (non-hydrogen) atoms. The second-order valence-corrected chi connectivity index (χ2v) is 5.89. The molecule has 0 saturated heterocycles. The van der Waals surface area contributed by atoms with Gasteiger partial charge in [-0.3, -0.25) is 0 Å². The van der Waals surface area contributed by atoms with Crippen molar-refractivity contribution in [1.82, 2.24) is 0 Å². The first-order chi connectivity index (χ1) is 7.82. The van der Waals surface area contributed by atoms with Crippen molar-refractivity contribution in [2.45, 2.75) is 47.0 Å². The summed E-state index contributed by atoms with van der Waals surface area (Å²) in [6.45, 7) is 10.7. The summed E-state index contributed by atoms with van der Waals surface area (Å²) in [5, 5.41) is 0. The van der Waals surface area contributed by atoms with E-state index in [2.05, 4.69) is 39.8 Å². The monoisotopic (exact) mass is 270 g/mol. The highest BCUT2D eigenvalue weighted by atomic mass is 35.5. The summed E-state index contributed by atoms with van der Waals surface area (Å²) in [6, 6.07) is 4.53. The fourth-order valence-corrected chi connectivity index (χ4v) is 2.31. The lowest BCUT2D eigenvalue weighted by Gasteiger charge is -2.17. The first-order valence-electron chi connectivity index (χ1n) is 5.91. The van der Waals surface area contributed by atoms with Crippen molar-refractivity contribution < 1.29 is 0 Å². The lowest BCUT2D eigenvalue weighted by atomic mass is 9.89. The molecule has 1 aromatic carbocycles. The molecule has 0 amide bonds. The molecule has 0 aliphatic carbocycles. The Kier molecular flexibility index (Phi) is 5.09. The van der Waals surface area contributed by atoms with Crippen LogP contribution in [0.5, 0.6) is 0 Å². The van der Waals surface area contributed by atoms with Crippen LogP contribution in [0.3, 0.4) is 0 Å². The Morgan fingerprint density at radius 2 is 1.59 bits per heavy atom. The second kappa shape index (κ2) is 5.93. The smallest absolute Gasteiger partial charge is 0.0710 e. The Labute approximate surface area is 115 Å². The van der Waals surface area contributed by atoms with Gasteiger partial charge in [-0.25, -0.2) is 0 Å². The van der Waals surface area contributed by atoms with Crippen LogP contribution in [0, 0.1) is 20.8 Å². The molecular weight excluding hydrogens is 251 g/mol. The fourth-order valence-electron chi connectivity index (χ4n) is 2.16. The summed E-state index contributed by atoms with van der Waals surface area (Å²) in [5.74, 6) is 0.446. The quantitative estimate of drug-likeness (QED) is 0.650. The lowest BCUT2D eigenvalue weighted by molar-refractivity contribution is 0.744. The molecule has 0 bridgehead atoms. The van der Waals surface area contributed by atoms with E-state index in [1.165, 1.54) is 22.3 Å². The highest BCUT2D eigenvalue weighted by Gasteiger charge is 2.11. The third kappa shape index (κ3) is 3.76. The van der Waals surface area contributed by atoms with Crippen molar-refractivity contribution in [1.29, 1.82) is 0 Å². The fraction of sp³-hybridized carbons (Fsp3) is 0.467. The molecule has 0 aliphatic heterocycles. The Hall–Kier alpha value is -0.460. The summed E-state index contributed by atoms with van der Waals surface area (Å²) in [5.41, 5.74) is 6.48. The van der Waals surface area contributed by atoms with Gasteiger partial charge < -0.3 is 0 Å². The first kappa shape index (κ1) is 14.6. The summed E-state index contributed by atoms with van der Waals surface area (Å²) >= 11 is 11.6. The summed E-state index contributed by atoms with van der Waals surface area (Å²) < 4.78 is 0.401. The predicted molar refractivity (Wildman–Crippen MR) is 78.1 cm³/mol. The third-order valence-electron chi connectivity index (χ3n) is 3.35. The Bertz CT molecular complexity index is 440. The number of rotatable bonds is 3. The number of hydrogen-bond donors (Lipinski definition) is 0. The maximum absolute atomic E-state index is 5.80. The first-order valence-corrected chi connectivity index (χ1v) is 6.67. The standard InChI is InChI=1S/C15H20Cl2/c1-9-6-11(3)14(8-10(9)2)12(4)7-13(5)15(16)17/h6,8,12H,7H2,1-5H3. The molecule has 0 heterocycles. The average Bonchev–Trinajstić information content (AvgIpc) is 2.22. The van der Waals surface area contributed by atoms with E-state index in [0.717, 1.165) is 12.0 Å². The van der Waals surface area contributed by atoms with Crippen molar-refractivity contribution in [3.63, 3.8) is 0 Å². The van der Waals surface area contributed by atoms with Gasteiger partial charge in [0.1, 0.15) is 4.49 Å². The molecular formula is C15H20Cl2. The minimum absolute atomic E-state index is 0.401. The molecule has 0 aliphatic rings. The van der Waals surface area contributed by atoms with Crippen LogP contribution in [0.2, 0.25) is 0 Å². The summed E-state index contributed by atoms with van der Waals surface area (Å²) in [4.78, 5) is 0. The molecule has 0 nitrogen and oxygen atoms in total. The minimum Gasteiger partial charge on any atom is -0.0710 e. The van der Waals surface area contributed by atoms with E-state index < -0.39 is 0 Å². The van der Waals surface area contributed by atoms with E-state index in [1.54, 1.807) is 0 Å². The Morgan fingerprint density at radius 3 is 2.12 bits per heavy atom. The van der Waals surface area contributed by atoms with Crippen molar-refractivity contribution in [3.8, 4) is 0 Å². The van der Waals surface area contributed by atoms with Gasteiger partial charge in [0, 0.05) is 0 Å². The van der Waals surface area contributed by atoms with Gasteiger partial charge in [-0.15, -0.1) is 0 Å². The van der Waals surface area contributed by atoms with Crippen LogP contribution in [0.25, 0.3) is 0 Å². The largest absolute Gasteiger partial charge is 0.105 e. The van der Waals surface area contributed by atoms with Crippen molar-refractivity contribution >= 4 is 23.2 Å². The molecule has 1 rings (SSSR count). The van der Waals surface area contributed by atoms with Crippen LogP contribution >= 0.6 is 23.2 Å². The van der Waals surface area contributed by atoms with E-state index in [0.29, 0.717) is 10.4 Å². The highest BCUT2D eigenvalue weighted by Crippen LogP contribution is 2.30. The van der Waals surface area contributed by atoms with Gasteiger partial charge in [0.05, 0.1) is 0 Å². The van der Waals surface area contributed by atoms with Crippen LogP contribution in [0.4, 0.5) is 0 Å². The van der Waals surface area contributed by atoms with Crippen molar-refractivity contribution in [2.75, 3.05) is 0 Å². The maximum Gasteiger partial charge on any atom is 0.105 e. The van der Waals surface area contributed by atoms with Gasteiger partial charge in [0.15, 0.2) is 0 Å². The van der Waals surface area contributed by atoms with Crippen LogP contribution in [0.15, 0.2) is 22.2 Å². The molecule has 94 valence electrons. The van der Waals surface area contributed by atoms with Gasteiger partial charge in [0.25, 0.3) is 0 Å². The topological polar surface area (TPSA) is 0 Å². The maximum atomic E-state index is 5.80. The van der Waals surface area contributed by atoms with E-state index in [1.807, 2.05) is 6.92 Å². The average molecular weight is 271 g/mol. The molecule has 0 fully saturated rings. The molecule has 1 aromatic rings. The molecule has 0 radical (unpaired) electrons. The van der Waals surface area contributed by atoms with Crippen LogP contribution in [-0.4, -0.2) is 0 Å². The van der Waals surface area contributed by atoms with Gasteiger partial charge in [0.2, 0.25) is 0 Å². The van der Waals surface area contributed by atoms with Gasteiger partial charge in [-0.2, -0.15) is 0 Å². The SMILES string of the molecule is CC(CC(C)c1cc(C)c(C)cc1C)=C(Cl)Cl. The molecule has 1 unspecified atom stereocenters. The minimum atomic E-state index is 0.401. The summed E-state index contributed by atoms with van der Waals surface area (Å²) in [7, 11) is 0. The number of allylic oxidation sites excluding steroid dienone is 1. The number of benzene rings is 1. The van der Waals surface area contributed by atoms with Crippen molar-refractivity contribution in [3.05, 3.63) is 44.5 Å². The number of hydrogen-bond acceptors (Lipinski definition) is 0. The molecule has 0 saturated carbocycles. The van der Waals surface area contributed by atoms with E-state index >= 15 is 0 Å². The second-order valence-electron chi connectivity index (χ2n) is 4.94. The van der Waals surface area contributed by atoms with Crippen molar-refractivity contribution in [2.24, 2.45) is 0 Å². The summed E-state index contributed by atoms with van der Waals surface area (Å²) in [6.07, 6.45) is 0.908. The Morgan fingerprint density at radius 1 is 1.06 bits per heavy atom. The lowest BCUT2D eigenvalue weighted by Crippen LogP contribution is -2.00. The Balaban J connectivity index is 3.01. The zero-order chi connectivity index (χ0) is 13.2. The molecule has 0 N–H and O–H groups in total. The number of aryl methyl sites for hydroxylation is 3. The van der Waals surface area contributed by atoms with Gasteiger partial charge in [-0.1, -0.05) is 42.3 Å². The van der Waals surface area contributed by atoms with Gasteiger partial charge >= 0.3 is 0 Å². The van der Waals surface area contributed by atoms with Gasteiger partial charge in [-0.05, 0) is 67.9 Å². The van der Waals surface area contributed by atoms with E-state index in [4.69, 9.17) is 23.2 Å². The zero-order valence-electron chi connectivity index (χ0n) is 11.2. The van der Waals surface area contributed by atoms with Crippen LogP contribution in [0.1, 0.15) is 48.4 Å². The highest BCUT2D eigenvalue weighted by molar-refractivity contribution is 6.56. The molecule has 1 atom stereocenters. The number of halogens is 2. The van der Waals surface area contributed by atoms with Crippen LogP contribution < -0.4 is 0 Å². The van der Waals surface area contributed by atoms with E-state index in [9.17, 15) is 0 Å². The normalized spacial score (nSPS) is 12.4. The predicted octanol–water partition coefficient (Wildman–Crippen LogP) is 5.81. The van der Waals surface area contributed by atoms with E-state index in [-0.39, 0.29) is 0 Å². The zero-order valence-corrected chi connectivity index (χ0v) is 12.7. The molecule has 0 aromatic heterocycles.